The first-order valence-corrected chi connectivity index (χ1v) is 7.62. The summed E-state index contributed by atoms with van der Waals surface area (Å²) in [6.45, 7) is 3.10. The molecular weight excluding hydrogens is 294 g/mol. The SMILES string of the molecule is CN=C(NCCc1nc(C)no1)NCC(CO)c1ccccc1. The molecule has 0 saturated carbocycles. The standard InChI is InChI=1S/C16H23N5O2/c1-12-20-15(23-21-12)8-9-18-16(17-2)19-10-14(11-22)13-6-4-3-5-7-13/h3-7,14,22H,8-11H2,1-2H3,(H2,17,18,19). The predicted molar refractivity (Wildman–Crippen MR) is 88.4 cm³/mol. The van der Waals surface area contributed by atoms with Crippen LogP contribution in [0.4, 0.5) is 0 Å². The summed E-state index contributed by atoms with van der Waals surface area (Å²) in [5.74, 6) is 1.93. The third-order valence-electron chi connectivity index (χ3n) is 3.43. The van der Waals surface area contributed by atoms with Gasteiger partial charge in [0.1, 0.15) is 0 Å². The van der Waals surface area contributed by atoms with E-state index < -0.39 is 0 Å². The third kappa shape index (κ3) is 5.37. The van der Waals surface area contributed by atoms with E-state index in [-0.39, 0.29) is 12.5 Å². The summed E-state index contributed by atoms with van der Waals surface area (Å²) in [6, 6.07) is 9.92. The van der Waals surface area contributed by atoms with Crippen LogP contribution in [0.5, 0.6) is 0 Å². The Balaban J connectivity index is 1.78. The number of hydrogen-bond acceptors (Lipinski definition) is 5. The number of aliphatic imine (C=N–C) groups is 1. The van der Waals surface area contributed by atoms with Gasteiger partial charge in [-0.2, -0.15) is 4.98 Å². The highest BCUT2D eigenvalue weighted by Crippen LogP contribution is 2.13. The van der Waals surface area contributed by atoms with Crippen molar-refractivity contribution in [3.8, 4) is 0 Å². The van der Waals surface area contributed by atoms with Crippen molar-refractivity contribution in [3.63, 3.8) is 0 Å². The van der Waals surface area contributed by atoms with Crippen LogP contribution in [-0.2, 0) is 6.42 Å². The van der Waals surface area contributed by atoms with Gasteiger partial charge in [0.05, 0.1) is 6.61 Å². The van der Waals surface area contributed by atoms with Crippen LogP contribution < -0.4 is 10.6 Å². The molecule has 23 heavy (non-hydrogen) atoms. The second-order valence-corrected chi connectivity index (χ2v) is 5.16. The van der Waals surface area contributed by atoms with Crippen LogP contribution in [0.2, 0.25) is 0 Å². The molecule has 1 aromatic carbocycles. The normalized spacial score (nSPS) is 12.9. The van der Waals surface area contributed by atoms with E-state index in [1.54, 1.807) is 14.0 Å². The van der Waals surface area contributed by atoms with E-state index in [1.807, 2.05) is 30.3 Å². The Bertz CT molecular complexity index is 612. The smallest absolute Gasteiger partial charge is 0.228 e. The van der Waals surface area contributed by atoms with Crippen LogP contribution in [0.1, 0.15) is 23.2 Å². The lowest BCUT2D eigenvalue weighted by Gasteiger charge is -2.17. The molecule has 124 valence electrons. The lowest BCUT2D eigenvalue weighted by atomic mass is 10.0. The zero-order valence-corrected chi connectivity index (χ0v) is 13.5. The van der Waals surface area contributed by atoms with E-state index in [1.165, 1.54) is 0 Å². The summed E-state index contributed by atoms with van der Waals surface area (Å²) in [6.07, 6.45) is 0.629. The molecule has 0 aliphatic heterocycles. The van der Waals surface area contributed by atoms with Gasteiger partial charge in [-0.1, -0.05) is 35.5 Å². The maximum Gasteiger partial charge on any atom is 0.228 e. The molecule has 0 radical (unpaired) electrons. The number of aliphatic hydroxyl groups is 1. The zero-order valence-electron chi connectivity index (χ0n) is 13.5. The van der Waals surface area contributed by atoms with Gasteiger partial charge >= 0.3 is 0 Å². The van der Waals surface area contributed by atoms with Crippen LogP contribution in [0.3, 0.4) is 0 Å². The molecule has 0 saturated heterocycles. The second-order valence-electron chi connectivity index (χ2n) is 5.16. The molecular formula is C16H23N5O2. The second kappa shape index (κ2) is 8.89. The lowest BCUT2D eigenvalue weighted by molar-refractivity contribution is 0.265. The Kier molecular flexibility index (Phi) is 6.56. The predicted octanol–water partition coefficient (Wildman–Crippen LogP) is 0.862. The monoisotopic (exact) mass is 317 g/mol. The quantitative estimate of drug-likeness (QED) is 0.518. The molecule has 0 fully saturated rings. The minimum absolute atomic E-state index is 0.0216. The molecule has 2 rings (SSSR count). The fourth-order valence-electron chi connectivity index (χ4n) is 2.18. The number of aliphatic hydroxyl groups excluding tert-OH is 1. The Hall–Kier alpha value is -2.41. The van der Waals surface area contributed by atoms with Crippen molar-refractivity contribution in [2.24, 2.45) is 4.99 Å². The van der Waals surface area contributed by atoms with E-state index in [9.17, 15) is 5.11 Å². The molecule has 7 heteroatoms. The number of rotatable bonds is 7. The van der Waals surface area contributed by atoms with Crippen molar-refractivity contribution in [3.05, 3.63) is 47.6 Å². The molecule has 1 aromatic heterocycles. The van der Waals surface area contributed by atoms with Crippen LogP contribution in [0, 0.1) is 6.92 Å². The molecule has 1 atom stereocenters. The minimum Gasteiger partial charge on any atom is -0.396 e. The summed E-state index contributed by atoms with van der Waals surface area (Å²) < 4.78 is 5.06. The maximum absolute atomic E-state index is 9.56. The van der Waals surface area contributed by atoms with Crippen molar-refractivity contribution in [1.29, 1.82) is 0 Å². The van der Waals surface area contributed by atoms with Gasteiger partial charge in [0.25, 0.3) is 0 Å². The number of guanidine groups is 1. The molecule has 1 heterocycles. The van der Waals surface area contributed by atoms with Gasteiger partial charge in [0, 0.05) is 32.5 Å². The van der Waals surface area contributed by atoms with Gasteiger partial charge in [0.15, 0.2) is 11.8 Å². The van der Waals surface area contributed by atoms with Crippen molar-refractivity contribution in [1.82, 2.24) is 20.8 Å². The summed E-state index contributed by atoms with van der Waals surface area (Å²) in [4.78, 5) is 8.32. The van der Waals surface area contributed by atoms with Crippen molar-refractivity contribution in [2.45, 2.75) is 19.3 Å². The molecule has 7 nitrogen and oxygen atoms in total. The molecule has 3 N–H and O–H groups in total. The Morgan fingerprint density at radius 3 is 2.70 bits per heavy atom. The van der Waals surface area contributed by atoms with Crippen molar-refractivity contribution in [2.75, 3.05) is 26.7 Å². The number of hydrogen-bond donors (Lipinski definition) is 3. The van der Waals surface area contributed by atoms with Gasteiger partial charge in [0.2, 0.25) is 5.89 Å². The van der Waals surface area contributed by atoms with E-state index in [2.05, 4.69) is 25.8 Å². The number of aryl methyl sites for hydroxylation is 1. The molecule has 1 unspecified atom stereocenters. The highest BCUT2D eigenvalue weighted by atomic mass is 16.5. The van der Waals surface area contributed by atoms with Crippen molar-refractivity contribution < 1.29 is 9.63 Å². The Morgan fingerprint density at radius 1 is 1.30 bits per heavy atom. The highest BCUT2D eigenvalue weighted by molar-refractivity contribution is 5.79. The average molecular weight is 317 g/mol. The number of benzene rings is 1. The first-order chi connectivity index (χ1) is 11.2. The van der Waals surface area contributed by atoms with E-state index in [4.69, 9.17) is 4.52 Å². The van der Waals surface area contributed by atoms with Crippen molar-refractivity contribution >= 4 is 5.96 Å². The largest absolute Gasteiger partial charge is 0.396 e. The Labute approximate surface area is 135 Å². The van der Waals surface area contributed by atoms with Crippen LogP contribution in [-0.4, -0.2) is 48.0 Å². The summed E-state index contributed by atoms with van der Waals surface area (Å²) in [7, 11) is 1.71. The first-order valence-electron chi connectivity index (χ1n) is 7.62. The summed E-state index contributed by atoms with van der Waals surface area (Å²) in [5.41, 5.74) is 1.10. The summed E-state index contributed by atoms with van der Waals surface area (Å²) in [5, 5.41) is 19.7. The molecule has 0 spiro atoms. The molecule has 2 aromatic rings. The lowest BCUT2D eigenvalue weighted by Crippen LogP contribution is -2.40. The number of aromatic nitrogens is 2. The van der Waals surface area contributed by atoms with Crippen LogP contribution in [0.15, 0.2) is 39.8 Å². The van der Waals surface area contributed by atoms with Gasteiger partial charge in [-0.15, -0.1) is 0 Å². The topological polar surface area (TPSA) is 95.6 Å². The molecule has 0 amide bonds. The van der Waals surface area contributed by atoms with Gasteiger partial charge in [-0.25, -0.2) is 0 Å². The van der Waals surface area contributed by atoms with Crippen LogP contribution >= 0.6 is 0 Å². The zero-order chi connectivity index (χ0) is 16.5. The Morgan fingerprint density at radius 2 is 2.09 bits per heavy atom. The highest BCUT2D eigenvalue weighted by Gasteiger charge is 2.11. The molecule has 0 aliphatic rings. The first kappa shape index (κ1) is 17.0. The number of nitrogens with zero attached hydrogens (tertiary/aromatic N) is 3. The van der Waals surface area contributed by atoms with Gasteiger partial charge in [-0.3, -0.25) is 4.99 Å². The van der Waals surface area contributed by atoms with E-state index >= 15 is 0 Å². The van der Waals surface area contributed by atoms with Gasteiger partial charge in [-0.05, 0) is 12.5 Å². The number of nitrogens with one attached hydrogen (secondary N) is 2. The molecule has 0 bridgehead atoms. The maximum atomic E-state index is 9.56. The summed E-state index contributed by atoms with van der Waals surface area (Å²) >= 11 is 0. The molecule has 0 aliphatic carbocycles. The van der Waals surface area contributed by atoms with E-state index in [0.717, 1.165) is 5.56 Å². The fourth-order valence-corrected chi connectivity index (χ4v) is 2.18. The van der Waals surface area contributed by atoms with Crippen LogP contribution in [0.25, 0.3) is 0 Å². The fraction of sp³-hybridized carbons (Fsp3) is 0.438. The average Bonchev–Trinajstić information content (AvgIpc) is 3.00. The minimum atomic E-state index is 0.0216. The van der Waals surface area contributed by atoms with Gasteiger partial charge < -0.3 is 20.3 Å². The third-order valence-corrected chi connectivity index (χ3v) is 3.43. The van der Waals surface area contributed by atoms with E-state index in [0.29, 0.717) is 37.2 Å².